The van der Waals surface area contributed by atoms with Gasteiger partial charge in [-0.05, 0) is 34.9 Å². The normalized spacial score (nSPS) is 14.4. The third kappa shape index (κ3) is 5.64. The molecule has 0 saturated carbocycles. The first-order valence-electron chi connectivity index (χ1n) is 10.8. The molecule has 32 heavy (non-hydrogen) atoms. The summed E-state index contributed by atoms with van der Waals surface area (Å²) in [5.74, 6) is 0.457. The lowest BCUT2D eigenvalue weighted by Crippen LogP contribution is -2.37. The Morgan fingerprint density at radius 1 is 1.06 bits per heavy atom. The molecule has 1 fully saturated rings. The van der Waals surface area contributed by atoms with E-state index < -0.39 is 0 Å². The monoisotopic (exact) mass is 436 g/mol. The van der Waals surface area contributed by atoms with Gasteiger partial charge in [0.25, 0.3) is 0 Å². The summed E-state index contributed by atoms with van der Waals surface area (Å²) in [7, 11) is 1.73. The fraction of sp³-hybridized carbons (Fsp3) is 0.333. The number of aromatic nitrogens is 2. The van der Waals surface area contributed by atoms with Crippen molar-refractivity contribution in [3.63, 3.8) is 0 Å². The summed E-state index contributed by atoms with van der Waals surface area (Å²) in [6.07, 6.45) is 3.73. The minimum atomic E-state index is -0.207. The van der Waals surface area contributed by atoms with Gasteiger partial charge in [-0.25, -0.2) is 4.39 Å². The second kappa shape index (κ2) is 10.8. The molecule has 0 unspecified atom stereocenters. The van der Waals surface area contributed by atoms with Crippen LogP contribution in [0.25, 0.3) is 0 Å². The maximum absolute atomic E-state index is 14.6. The zero-order valence-electron chi connectivity index (χ0n) is 18.3. The molecule has 1 aliphatic rings. The lowest BCUT2D eigenvalue weighted by atomic mass is 10.1. The van der Waals surface area contributed by atoms with E-state index in [1.807, 2.05) is 46.1 Å². The van der Waals surface area contributed by atoms with Crippen molar-refractivity contribution in [3.05, 3.63) is 83.4 Å². The Morgan fingerprint density at radius 2 is 1.84 bits per heavy atom. The highest BCUT2D eigenvalue weighted by molar-refractivity contribution is 5.79. The summed E-state index contributed by atoms with van der Waals surface area (Å²) >= 11 is 0. The molecule has 0 bridgehead atoms. The Morgan fingerprint density at radius 3 is 2.56 bits per heavy atom. The number of anilines is 1. The van der Waals surface area contributed by atoms with Gasteiger partial charge in [-0.3, -0.25) is 9.67 Å². The van der Waals surface area contributed by atoms with Crippen LogP contribution < -0.4 is 15.5 Å². The van der Waals surface area contributed by atoms with E-state index in [-0.39, 0.29) is 5.82 Å². The molecule has 1 saturated heterocycles. The van der Waals surface area contributed by atoms with Crippen LogP contribution in [0.3, 0.4) is 0 Å². The van der Waals surface area contributed by atoms with Crippen molar-refractivity contribution < 1.29 is 9.13 Å². The van der Waals surface area contributed by atoms with Gasteiger partial charge < -0.3 is 20.3 Å². The Hall–Kier alpha value is -3.39. The van der Waals surface area contributed by atoms with Gasteiger partial charge in [0.05, 0.1) is 25.4 Å². The maximum Gasteiger partial charge on any atom is 0.191 e. The highest BCUT2D eigenvalue weighted by atomic mass is 19.1. The summed E-state index contributed by atoms with van der Waals surface area (Å²) in [5.41, 5.74) is 3.86. The van der Waals surface area contributed by atoms with Gasteiger partial charge in [0, 0.05) is 45.6 Å². The van der Waals surface area contributed by atoms with E-state index in [2.05, 4.69) is 32.9 Å². The quantitative estimate of drug-likeness (QED) is 0.440. The van der Waals surface area contributed by atoms with Gasteiger partial charge in [0.15, 0.2) is 5.96 Å². The Kier molecular flexibility index (Phi) is 7.34. The van der Waals surface area contributed by atoms with Crippen LogP contribution in [0.5, 0.6) is 0 Å². The molecular formula is C24H29FN6O. The van der Waals surface area contributed by atoms with Crippen LogP contribution in [-0.4, -0.2) is 49.1 Å². The largest absolute Gasteiger partial charge is 0.378 e. The number of hydrogen-bond acceptors (Lipinski definition) is 4. The van der Waals surface area contributed by atoms with Crippen molar-refractivity contribution in [1.29, 1.82) is 0 Å². The third-order valence-electron chi connectivity index (χ3n) is 5.50. The Balaban J connectivity index is 1.32. The number of morpholine rings is 1. The van der Waals surface area contributed by atoms with Crippen molar-refractivity contribution in [2.45, 2.75) is 19.6 Å². The van der Waals surface area contributed by atoms with Gasteiger partial charge >= 0.3 is 0 Å². The van der Waals surface area contributed by atoms with Gasteiger partial charge in [-0.1, -0.05) is 30.3 Å². The van der Waals surface area contributed by atoms with Crippen molar-refractivity contribution >= 4 is 11.6 Å². The van der Waals surface area contributed by atoms with E-state index in [9.17, 15) is 4.39 Å². The van der Waals surface area contributed by atoms with E-state index in [0.29, 0.717) is 57.6 Å². The number of guanidine groups is 1. The molecule has 0 amide bonds. The smallest absolute Gasteiger partial charge is 0.191 e. The van der Waals surface area contributed by atoms with Crippen molar-refractivity contribution in [2.24, 2.45) is 4.99 Å². The summed E-state index contributed by atoms with van der Waals surface area (Å²) in [6.45, 7) is 4.52. The van der Waals surface area contributed by atoms with E-state index in [1.54, 1.807) is 19.3 Å². The molecule has 0 atom stereocenters. The van der Waals surface area contributed by atoms with Crippen molar-refractivity contribution in [2.75, 3.05) is 38.3 Å². The Bertz CT molecular complexity index is 1030. The molecule has 0 aliphatic carbocycles. The van der Waals surface area contributed by atoms with Crippen LogP contribution in [0.15, 0.2) is 65.9 Å². The zero-order chi connectivity index (χ0) is 22.2. The predicted octanol–water partition coefficient (Wildman–Crippen LogP) is 2.77. The number of ether oxygens (including phenoxy) is 1. The average molecular weight is 437 g/mol. The number of rotatable bonds is 7. The lowest BCUT2D eigenvalue weighted by Gasteiger charge is -2.29. The van der Waals surface area contributed by atoms with Crippen molar-refractivity contribution in [1.82, 2.24) is 20.4 Å². The Labute approximate surface area is 187 Å². The van der Waals surface area contributed by atoms with Crippen LogP contribution in [0.2, 0.25) is 0 Å². The fourth-order valence-electron chi connectivity index (χ4n) is 3.76. The third-order valence-corrected chi connectivity index (χ3v) is 5.50. The minimum absolute atomic E-state index is 0.207. The van der Waals surface area contributed by atoms with Gasteiger partial charge in [-0.2, -0.15) is 5.10 Å². The molecule has 2 heterocycles. The summed E-state index contributed by atoms with van der Waals surface area (Å²) in [6, 6.07) is 15.6. The first kappa shape index (κ1) is 21.8. The van der Waals surface area contributed by atoms with Crippen LogP contribution in [-0.2, 0) is 24.4 Å². The first-order chi connectivity index (χ1) is 15.7. The average Bonchev–Trinajstić information content (AvgIpc) is 3.34. The molecule has 2 N–H and O–H groups in total. The highest BCUT2D eigenvalue weighted by Gasteiger charge is 2.15. The van der Waals surface area contributed by atoms with E-state index in [1.165, 1.54) is 11.1 Å². The zero-order valence-corrected chi connectivity index (χ0v) is 18.3. The number of aliphatic imine (C=N–C) groups is 1. The van der Waals surface area contributed by atoms with Crippen LogP contribution in [0.1, 0.15) is 16.7 Å². The topological polar surface area (TPSA) is 66.7 Å². The van der Waals surface area contributed by atoms with Gasteiger partial charge in [0.2, 0.25) is 0 Å². The first-order valence-corrected chi connectivity index (χ1v) is 10.8. The highest BCUT2D eigenvalue weighted by Crippen LogP contribution is 2.21. The maximum atomic E-state index is 14.6. The summed E-state index contributed by atoms with van der Waals surface area (Å²) in [5, 5.41) is 10.9. The summed E-state index contributed by atoms with van der Waals surface area (Å²) < 4.78 is 21.9. The molecule has 8 heteroatoms. The second-order valence-electron chi connectivity index (χ2n) is 7.64. The molecule has 0 spiro atoms. The number of hydrogen-bond donors (Lipinski definition) is 2. The van der Waals surface area contributed by atoms with Crippen LogP contribution >= 0.6 is 0 Å². The number of nitrogens with zero attached hydrogens (tertiary/aromatic N) is 4. The molecule has 4 rings (SSSR count). The molecule has 7 nitrogen and oxygen atoms in total. The predicted molar refractivity (Wildman–Crippen MR) is 124 cm³/mol. The van der Waals surface area contributed by atoms with Gasteiger partial charge in [0.1, 0.15) is 5.82 Å². The second-order valence-corrected chi connectivity index (χ2v) is 7.64. The SMILES string of the molecule is CN=C(NCc1ccc(N2CCOCC2)c(F)c1)NCc1ccccc1Cn1cccn1. The molecule has 0 radical (unpaired) electrons. The van der Waals surface area contributed by atoms with Gasteiger partial charge in [-0.15, -0.1) is 0 Å². The fourth-order valence-corrected chi connectivity index (χ4v) is 3.76. The number of halogens is 1. The summed E-state index contributed by atoms with van der Waals surface area (Å²) in [4.78, 5) is 6.32. The number of nitrogens with one attached hydrogen (secondary N) is 2. The van der Waals surface area contributed by atoms with E-state index >= 15 is 0 Å². The molecule has 1 aliphatic heterocycles. The van der Waals surface area contributed by atoms with Crippen LogP contribution in [0.4, 0.5) is 10.1 Å². The van der Waals surface area contributed by atoms with E-state index in [0.717, 1.165) is 5.56 Å². The van der Waals surface area contributed by atoms with Crippen LogP contribution in [0, 0.1) is 5.82 Å². The van der Waals surface area contributed by atoms with Crippen molar-refractivity contribution in [3.8, 4) is 0 Å². The standard InChI is InChI=1S/C24H29FN6O/c1-26-24(28-17-20-5-2-3-6-21(20)18-31-10-4-9-29-31)27-16-19-7-8-23(22(25)15-19)30-11-13-32-14-12-30/h2-10,15H,11-14,16-18H2,1H3,(H2,26,27,28). The molecule has 168 valence electrons. The molecule has 2 aromatic carbocycles. The minimum Gasteiger partial charge on any atom is -0.378 e. The lowest BCUT2D eigenvalue weighted by molar-refractivity contribution is 0.122. The van der Waals surface area contributed by atoms with E-state index in [4.69, 9.17) is 4.74 Å². The molecule has 1 aromatic heterocycles. The molecule has 3 aromatic rings. The molecular weight excluding hydrogens is 407 g/mol. The number of benzene rings is 2.